The van der Waals surface area contributed by atoms with E-state index < -0.39 is 5.60 Å². The van der Waals surface area contributed by atoms with Crippen LogP contribution in [-0.2, 0) is 0 Å². The second-order valence-corrected chi connectivity index (χ2v) is 11.8. The lowest BCUT2D eigenvalue weighted by Crippen LogP contribution is -2.62. The number of hydrazone groups is 1. The minimum atomic E-state index is -0.564. The van der Waals surface area contributed by atoms with E-state index in [9.17, 15) is 10.2 Å². The largest absolute Gasteiger partial charge is 0.393 e. The molecule has 5 rings (SSSR count). The first-order valence-electron chi connectivity index (χ1n) is 12.9. The number of aliphatic hydroxyl groups is 2. The molecule has 0 unspecified atom stereocenters. The second kappa shape index (κ2) is 8.12. The Morgan fingerprint density at radius 2 is 1.94 bits per heavy atom. The zero-order valence-corrected chi connectivity index (χ0v) is 20.1. The van der Waals surface area contributed by atoms with Gasteiger partial charge in [0, 0.05) is 25.2 Å². The Kier molecular flexibility index (Phi) is 5.68. The van der Waals surface area contributed by atoms with Crippen molar-refractivity contribution in [3.8, 4) is 0 Å². The number of hydrogen-bond acceptors (Lipinski definition) is 6. The smallest absolute Gasteiger partial charge is 0.214 e. The molecule has 0 spiro atoms. The van der Waals surface area contributed by atoms with Crippen LogP contribution in [0.3, 0.4) is 0 Å². The van der Waals surface area contributed by atoms with Gasteiger partial charge in [0.05, 0.1) is 18.2 Å². The Labute approximate surface area is 193 Å². The second-order valence-electron chi connectivity index (χ2n) is 11.8. The van der Waals surface area contributed by atoms with Crippen molar-refractivity contribution >= 4 is 12.2 Å². The average Bonchev–Trinajstić information content (AvgIpc) is 3.29. The van der Waals surface area contributed by atoms with E-state index in [1.54, 1.807) is 0 Å². The maximum absolute atomic E-state index is 12.2. The van der Waals surface area contributed by atoms with Gasteiger partial charge in [-0.15, -0.1) is 0 Å². The molecule has 0 bridgehead atoms. The summed E-state index contributed by atoms with van der Waals surface area (Å²) in [6, 6.07) is 0. The maximum atomic E-state index is 12.2. The zero-order chi connectivity index (χ0) is 22.6. The predicted octanol–water partition coefficient (Wildman–Crippen LogP) is 3.55. The summed E-state index contributed by atoms with van der Waals surface area (Å²) in [6.45, 7) is 6.59. The first-order valence-corrected chi connectivity index (χ1v) is 12.9. The number of hydrogen-bond donors (Lipinski definition) is 3. The quantitative estimate of drug-likeness (QED) is 0.461. The van der Waals surface area contributed by atoms with Gasteiger partial charge in [-0.05, 0) is 93.0 Å². The monoisotopic (exact) mass is 442 g/mol. The highest BCUT2D eigenvalue weighted by Gasteiger charge is 2.66. The first-order chi connectivity index (χ1) is 15.3. The zero-order valence-electron chi connectivity index (χ0n) is 20.1. The van der Waals surface area contributed by atoms with Crippen molar-refractivity contribution in [1.29, 1.82) is 0 Å². The lowest BCUT2D eigenvalue weighted by Gasteiger charge is -2.63. The van der Waals surface area contributed by atoms with Gasteiger partial charge in [0.1, 0.15) is 0 Å². The van der Waals surface area contributed by atoms with Gasteiger partial charge in [-0.25, -0.2) is 10.4 Å². The number of likely N-dealkylation sites (N-methyl/N-ethyl adjacent to an activating group) is 1. The Bertz CT molecular complexity index is 812. The Morgan fingerprint density at radius 3 is 2.72 bits per heavy atom. The summed E-state index contributed by atoms with van der Waals surface area (Å²) in [5.41, 5.74) is 2.70. The van der Waals surface area contributed by atoms with Crippen LogP contribution in [-0.4, -0.2) is 59.1 Å². The van der Waals surface area contributed by atoms with Crippen LogP contribution < -0.4 is 5.43 Å². The van der Waals surface area contributed by atoms with E-state index in [1.165, 1.54) is 12.8 Å². The fraction of sp³-hybridized carbons (Fsp3) is 0.846. The van der Waals surface area contributed by atoms with Gasteiger partial charge in [0.25, 0.3) is 0 Å². The molecule has 0 aromatic carbocycles. The van der Waals surface area contributed by atoms with Crippen molar-refractivity contribution < 1.29 is 10.2 Å². The molecule has 4 fully saturated rings. The third-order valence-corrected chi connectivity index (χ3v) is 10.6. The number of allylic oxidation sites excluding steroid dienone is 2. The molecular weight excluding hydrogens is 400 g/mol. The van der Waals surface area contributed by atoms with Crippen molar-refractivity contribution in [2.24, 2.45) is 44.6 Å². The Morgan fingerprint density at radius 1 is 1.09 bits per heavy atom. The van der Waals surface area contributed by atoms with Crippen molar-refractivity contribution in [1.82, 2.24) is 10.3 Å². The van der Waals surface area contributed by atoms with Crippen molar-refractivity contribution in [2.45, 2.75) is 83.3 Å². The van der Waals surface area contributed by atoms with Crippen LogP contribution in [0.2, 0.25) is 0 Å². The van der Waals surface area contributed by atoms with E-state index in [-0.39, 0.29) is 11.5 Å². The number of fused-ring (bicyclic) bond motifs is 5. The van der Waals surface area contributed by atoms with E-state index in [1.807, 2.05) is 13.3 Å². The summed E-state index contributed by atoms with van der Waals surface area (Å²) in [5.74, 6) is 2.86. The van der Waals surface area contributed by atoms with Crippen molar-refractivity contribution in [2.75, 3.05) is 20.1 Å². The van der Waals surface area contributed by atoms with Gasteiger partial charge in [-0.2, -0.15) is 5.10 Å². The van der Waals surface area contributed by atoms with Gasteiger partial charge in [-0.3, -0.25) is 0 Å². The highest BCUT2D eigenvalue weighted by atomic mass is 16.3. The van der Waals surface area contributed by atoms with Crippen LogP contribution in [0.15, 0.2) is 22.2 Å². The third-order valence-electron chi connectivity index (χ3n) is 10.6. The molecule has 0 saturated heterocycles. The number of aliphatic hydroxyl groups excluding tert-OH is 1. The minimum Gasteiger partial charge on any atom is -0.393 e. The molecule has 6 heteroatoms. The van der Waals surface area contributed by atoms with E-state index in [0.29, 0.717) is 29.1 Å². The molecule has 0 amide bonds. The van der Waals surface area contributed by atoms with Crippen LogP contribution in [0.1, 0.15) is 71.6 Å². The number of nitrogens with zero attached hydrogens (tertiary/aromatic N) is 3. The first kappa shape index (κ1) is 22.4. The molecule has 4 saturated carbocycles. The lowest BCUT2D eigenvalue weighted by molar-refractivity contribution is -0.207. The molecule has 5 aliphatic rings. The number of guanidine groups is 1. The van der Waals surface area contributed by atoms with Crippen LogP contribution in [0, 0.1) is 34.5 Å². The SMILES string of the molecule is CN1CCN=C1N/N=C/C=C/[C@H]1CC[C@]2(O)[C@@H]3CC[C@@H]4C[C@@H](O)CC[C@]4(C)[C@H]3CC[C@]12C. The molecule has 178 valence electrons. The molecule has 6 nitrogen and oxygen atoms in total. The van der Waals surface area contributed by atoms with Gasteiger partial charge in [-0.1, -0.05) is 19.9 Å². The lowest BCUT2D eigenvalue weighted by atomic mass is 9.43. The maximum Gasteiger partial charge on any atom is 0.214 e. The molecule has 32 heavy (non-hydrogen) atoms. The third kappa shape index (κ3) is 3.35. The molecular formula is C26H42N4O2. The topological polar surface area (TPSA) is 80.5 Å². The summed E-state index contributed by atoms with van der Waals surface area (Å²) in [4.78, 5) is 6.46. The summed E-state index contributed by atoms with van der Waals surface area (Å²) >= 11 is 0. The summed E-state index contributed by atoms with van der Waals surface area (Å²) in [6.07, 6.45) is 15.7. The summed E-state index contributed by atoms with van der Waals surface area (Å²) in [5, 5.41) is 26.8. The fourth-order valence-electron chi connectivity index (χ4n) is 8.53. The molecule has 8 atom stereocenters. The predicted molar refractivity (Wildman–Crippen MR) is 128 cm³/mol. The number of aliphatic imine (C=N–C) groups is 1. The standard InChI is InChI=1S/C26H42N4O2/c1-24-11-9-20(31)17-19(24)6-7-22-21(24)10-12-25(2)18(8-13-26(22,25)32)5-4-14-28-29-23-27-15-16-30(23)3/h4-5,14,18-22,31-32H,6-13,15-17H2,1-3H3,(H,27,29)/b5-4+,28-14+/t18-,19+,20-,21-,22+,24-,25+,26-/m0/s1. The normalized spacial score (nSPS) is 48.6. The molecule has 0 aromatic heterocycles. The highest BCUT2D eigenvalue weighted by molar-refractivity contribution is 5.82. The fourth-order valence-corrected chi connectivity index (χ4v) is 8.53. The van der Waals surface area contributed by atoms with Crippen LogP contribution in [0.25, 0.3) is 0 Å². The molecule has 1 aliphatic heterocycles. The molecule has 1 heterocycles. The average molecular weight is 443 g/mol. The highest BCUT2D eigenvalue weighted by Crippen LogP contribution is 2.69. The van der Waals surface area contributed by atoms with Gasteiger partial charge < -0.3 is 15.1 Å². The van der Waals surface area contributed by atoms with E-state index in [2.05, 4.69) is 46.4 Å². The van der Waals surface area contributed by atoms with Crippen LogP contribution in [0.4, 0.5) is 0 Å². The molecule has 4 aliphatic carbocycles. The van der Waals surface area contributed by atoms with Crippen LogP contribution in [0.5, 0.6) is 0 Å². The molecule has 0 aromatic rings. The van der Waals surface area contributed by atoms with Gasteiger partial charge in [0.15, 0.2) is 0 Å². The van der Waals surface area contributed by atoms with Gasteiger partial charge >= 0.3 is 0 Å². The van der Waals surface area contributed by atoms with E-state index >= 15 is 0 Å². The number of rotatable bonds is 3. The van der Waals surface area contributed by atoms with Crippen LogP contribution >= 0.6 is 0 Å². The Balaban J connectivity index is 1.28. The minimum absolute atomic E-state index is 0.0565. The summed E-state index contributed by atoms with van der Waals surface area (Å²) < 4.78 is 0. The number of nitrogens with one attached hydrogen (secondary N) is 1. The van der Waals surface area contributed by atoms with E-state index in [0.717, 1.165) is 64.0 Å². The Hall–Kier alpha value is -1.40. The van der Waals surface area contributed by atoms with Crippen molar-refractivity contribution in [3.63, 3.8) is 0 Å². The molecule has 3 N–H and O–H groups in total. The van der Waals surface area contributed by atoms with Gasteiger partial charge in [0.2, 0.25) is 5.96 Å². The van der Waals surface area contributed by atoms with Crippen molar-refractivity contribution in [3.05, 3.63) is 12.2 Å². The summed E-state index contributed by atoms with van der Waals surface area (Å²) in [7, 11) is 2.02. The van der Waals surface area contributed by atoms with E-state index in [4.69, 9.17) is 0 Å². The molecule has 0 radical (unpaired) electrons.